The van der Waals surface area contributed by atoms with Crippen LogP contribution in [0.1, 0.15) is 18.4 Å². The van der Waals surface area contributed by atoms with Crippen LogP contribution in [0.25, 0.3) is 0 Å². The second-order valence-electron chi connectivity index (χ2n) is 4.51. The Morgan fingerprint density at radius 3 is 2.55 bits per heavy atom. The summed E-state index contributed by atoms with van der Waals surface area (Å²) in [6.07, 6.45) is -3.55. The van der Waals surface area contributed by atoms with Gasteiger partial charge in [0.25, 0.3) is 0 Å². The van der Waals surface area contributed by atoms with Gasteiger partial charge >= 0.3 is 6.18 Å². The third kappa shape index (κ3) is 4.92. The van der Waals surface area contributed by atoms with Gasteiger partial charge < -0.3 is 10.2 Å². The normalized spacial score (nSPS) is 11.3. The molecule has 0 saturated heterocycles. The van der Waals surface area contributed by atoms with Crippen LogP contribution in [0.5, 0.6) is 0 Å². The van der Waals surface area contributed by atoms with Crippen LogP contribution >= 0.6 is 11.6 Å². The lowest BCUT2D eigenvalue weighted by Gasteiger charge is -2.13. The number of alkyl halides is 3. The summed E-state index contributed by atoms with van der Waals surface area (Å²) >= 11 is 5.83. The lowest BCUT2D eigenvalue weighted by Crippen LogP contribution is -2.22. The third-order valence-corrected chi connectivity index (χ3v) is 3.00. The molecule has 1 N–H and O–H groups in total. The number of hydrogen-bond acceptors (Lipinski definition) is 2. The van der Waals surface area contributed by atoms with Gasteiger partial charge in [0.2, 0.25) is 5.91 Å². The van der Waals surface area contributed by atoms with Crippen LogP contribution in [0.3, 0.4) is 0 Å². The molecule has 0 unspecified atom stereocenters. The molecule has 0 aromatic heterocycles. The number of amides is 1. The molecular formula is C13H16ClF3N2O. The van der Waals surface area contributed by atoms with Crippen LogP contribution < -0.4 is 5.32 Å². The summed E-state index contributed by atoms with van der Waals surface area (Å²) in [5.41, 5.74) is -0.535. The predicted octanol–water partition coefficient (Wildman–Crippen LogP) is 3.64. The highest BCUT2D eigenvalue weighted by molar-refractivity contribution is 6.33. The van der Waals surface area contributed by atoms with Crippen molar-refractivity contribution in [3.63, 3.8) is 0 Å². The van der Waals surface area contributed by atoms with Crippen molar-refractivity contribution in [2.24, 2.45) is 0 Å². The Bertz CT molecular complexity index is 475. The molecule has 1 rings (SSSR count). The Hall–Kier alpha value is -1.43. The molecule has 0 aliphatic carbocycles. The number of benzene rings is 1. The first-order valence-corrected chi connectivity index (χ1v) is 6.40. The predicted molar refractivity (Wildman–Crippen MR) is 72.9 cm³/mol. The van der Waals surface area contributed by atoms with Crippen molar-refractivity contribution in [2.45, 2.75) is 19.0 Å². The highest BCUT2D eigenvalue weighted by atomic mass is 35.5. The average Bonchev–Trinajstić information content (AvgIpc) is 2.34. The van der Waals surface area contributed by atoms with Crippen molar-refractivity contribution < 1.29 is 18.0 Å². The molecule has 20 heavy (non-hydrogen) atoms. The van der Waals surface area contributed by atoms with Gasteiger partial charge in [-0.15, -0.1) is 0 Å². The van der Waals surface area contributed by atoms with Gasteiger partial charge in [-0.05, 0) is 24.6 Å². The second-order valence-corrected chi connectivity index (χ2v) is 4.92. The lowest BCUT2D eigenvalue weighted by atomic mass is 10.2. The molecule has 0 bridgehead atoms. The first-order chi connectivity index (χ1) is 9.21. The Kier molecular flexibility index (Phi) is 5.68. The van der Waals surface area contributed by atoms with Crippen molar-refractivity contribution in [3.8, 4) is 0 Å². The van der Waals surface area contributed by atoms with Gasteiger partial charge in [0.05, 0.1) is 16.3 Å². The molecule has 1 aromatic rings. The van der Waals surface area contributed by atoms with E-state index < -0.39 is 11.7 Å². The zero-order chi connectivity index (χ0) is 15.3. The zero-order valence-electron chi connectivity index (χ0n) is 11.2. The first kappa shape index (κ1) is 16.6. The molecule has 0 fully saturated rings. The van der Waals surface area contributed by atoms with E-state index in [-0.39, 0.29) is 16.6 Å². The van der Waals surface area contributed by atoms with Gasteiger partial charge in [0, 0.05) is 27.1 Å². The van der Waals surface area contributed by atoms with E-state index in [1.165, 1.54) is 11.0 Å². The molecular weight excluding hydrogens is 293 g/mol. The monoisotopic (exact) mass is 308 g/mol. The van der Waals surface area contributed by atoms with Crippen LogP contribution in [0.4, 0.5) is 18.9 Å². The van der Waals surface area contributed by atoms with Gasteiger partial charge in [-0.2, -0.15) is 13.2 Å². The van der Waals surface area contributed by atoms with Gasteiger partial charge in [0.15, 0.2) is 0 Å². The number of nitrogens with one attached hydrogen (secondary N) is 1. The summed E-state index contributed by atoms with van der Waals surface area (Å²) in [7, 11) is 3.30. The fraction of sp³-hybridized carbons (Fsp3) is 0.462. The Balaban J connectivity index is 2.58. The van der Waals surface area contributed by atoms with E-state index in [0.29, 0.717) is 19.4 Å². The van der Waals surface area contributed by atoms with Crippen molar-refractivity contribution >= 4 is 23.2 Å². The summed E-state index contributed by atoms with van der Waals surface area (Å²) in [5, 5.41) is 3.04. The Morgan fingerprint density at radius 1 is 1.35 bits per heavy atom. The molecule has 1 amide bonds. The molecule has 1 aromatic carbocycles. The summed E-state index contributed by atoms with van der Waals surface area (Å²) in [4.78, 5) is 12.8. The van der Waals surface area contributed by atoms with Crippen LogP contribution in [-0.2, 0) is 11.0 Å². The maximum atomic E-state index is 12.6. The van der Waals surface area contributed by atoms with E-state index in [0.717, 1.165) is 12.1 Å². The van der Waals surface area contributed by atoms with E-state index in [1.807, 2.05) is 0 Å². The summed E-state index contributed by atoms with van der Waals surface area (Å²) in [5.74, 6) is -0.0260. The maximum Gasteiger partial charge on any atom is 0.416 e. The fourth-order valence-electron chi connectivity index (χ4n) is 1.52. The van der Waals surface area contributed by atoms with Crippen molar-refractivity contribution in [2.75, 3.05) is 26.0 Å². The molecule has 0 radical (unpaired) electrons. The van der Waals surface area contributed by atoms with Crippen molar-refractivity contribution in [1.82, 2.24) is 4.90 Å². The summed E-state index contributed by atoms with van der Waals surface area (Å²) in [6.45, 7) is 0.376. The average molecular weight is 309 g/mol. The standard InChI is InChI=1S/C13H16ClF3N2O/c1-19(2)12(20)4-3-7-18-11-8-9(13(15,16)17)5-6-10(11)14/h5-6,8,18H,3-4,7H2,1-2H3. The number of nitrogens with zero attached hydrogens (tertiary/aromatic N) is 1. The summed E-state index contributed by atoms with van der Waals surface area (Å²) in [6, 6.07) is 3.11. The van der Waals surface area contributed by atoms with Gasteiger partial charge in [0.1, 0.15) is 0 Å². The fourth-order valence-corrected chi connectivity index (χ4v) is 1.71. The van der Waals surface area contributed by atoms with Gasteiger partial charge in [-0.25, -0.2) is 0 Å². The minimum absolute atomic E-state index is 0.0260. The minimum Gasteiger partial charge on any atom is -0.384 e. The molecule has 0 atom stereocenters. The zero-order valence-corrected chi connectivity index (χ0v) is 12.0. The van der Waals surface area contributed by atoms with Crippen molar-refractivity contribution in [1.29, 1.82) is 0 Å². The molecule has 0 spiro atoms. The number of hydrogen-bond donors (Lipinski definition) is 1. The third-order valence-electron chi connectivity index (χ3n) is 2.68. The summed E-state index contributed by atoms with van der Waals surface area (Å²) < 4.78 is 37.7. The highest BCUT2D eigenvalue weighted by Crippen LogP contribution is 2.33. The molecule has 7 heteroatoms. The Morgan fingerprint density at radius 2 is 2.00 bits per heavy atom. The van der Waals surface area contributed by atoms with E-state index in [2.05, 4.69) is 5.32 Å². The number of rotatable bonds is 5. The Labute approximate surface area is 120 Å². The van der Waals surface area contributed by atoms with Crippen LogP contribution in [0.15, 0.2) is 18.2 Å². The van der Waals surface area contributed by atoms with Gasteiger partial charge in [-0.3, -0.25) is 4.79 Å². The van der Waals surface area contributed by atoms with Gasteiger partial charge in [-0.1, -0.05) is 11.6 Å². The van der Waals surface area contributed by atoms with Crippen LogP contribution in [-0.4, -0.2) is 31.4 Å². The quantitative estimate of drug-likeness (QED) is 0.842. The number of halogens is 4. The maximum absolute atomic E-state index is 12.6. The second kappa shape index (κ2) is 6.83. The SMILES string of the molecule is CN(C)C(=O)CCCNc1cc(C(F)(F)F)ccc1Cl. The van der Waals surface area contributed by atoms with Crippen LogP contribution in [0, 0.1) is 0 Å². The highest BCUT2D eigenvalue weighted by Gasteiger charge is 2.30. The number of carbonyl (C=O) groups is 1. The number of anilines is 1. The molecule has 0 aliphatic heterocycles. The smallest absolute Gasteiger partial charge is 0.384 e. The largest absolute Gasteiger partial charge is 0.416 e. The number of carbonyl (C=O) groups excluding carboxylic acids is 1. The molecule has 0 heterocycles. The van der Waals surface area contributed by atoms with E-state index in [1.54, 1.807) is 14.1 Å². The lowest BCUT2D eigenvalue weighted by molar-refractivity contribution is -0.137. The van der Waals surface area contributed by atoms with E-state index in [9.17, 15) is 18.0 Å². The molecule has 3 nitrogen and oxygen atoms in total. The minimum atomic E-state index is -4.40. The molecule has 0 saturated carbocycles. The topological polar surface area (TPSA) is 32.3 Å². The first-order valence-electron chi connectivity index (χ1n) is 6.02. The molecule has 0 aliphatic rings. The van der Waals surface area contributed by atoms with Crippen molar-refractivity contribution in [3.05, 3.63) is 28.8 Å². The van der Waals surface area contributed by atoms with Crippen LogP contribution in [0.2, 0.25) is 5.02 Å². The van der Waals surface area contributed by atoms with E-state index in [4.69, 9.17) is 11.6 Å². The van der Waals surface area contributed by atoms with E-state index >= 15 is 0 Å². The molecule has 112 valence electrons.